The van der Waals surface area contributed by atoms with Crippen molar-refractivity contribution in [2.24, 2.45) is 0 Å². The molecule has 3 heterocycles. The molecule has 7 aromatic carbocycles. The minimum atomic E-state index is 0.612. The second-order valence-electron chi connectivity index (χ2n) is 11.9. The SMILES string of the molecule is c1ccc(-c2ccc(-c3nc(-c4cccc5c4sc4ccccc45)nc(-c4cccc5oc6ccccc6c45)n3)c3ccccc23)cc1. The Balaban J connectivity index is 1.28. The summed E-state index contributed by atoms with van der Waals surface area (Å²) in [6, 6.07) is 52.6. The molecule has 0 spiro atoms. The zero-order valence-corrected chi connectivity index (χ0v) is 26.4. The van der Waals surface area contributed by atoms with Gasteiger partial charge >= 0.3 is 0 Å². The minimum Gasteiger partial charge on any atom is -0.456 e. The Morgan fingerprint density at radius 3 is 1.77 bits per heavy atom. The summed E-state index contributed by atoms with van der Waals surface area (Å²) in [5, 5.41) is 6.73. The van der Waals surface area contributed by atoms with Crippen LogP contribution in [0.2, 0.25) is 0 Å². The van der Waals surface area contributed by atoms with Crippen molar-refractivity contribution in [1.29, 1.82) is 0 Å². The van der Waals surface area contributed by atoms with Gasteiger partial charge in [-0.25, -0.2) is 15.0 Å². The van der Waals surface area contributed by atoms with Gasteiger partial charge < -0.3 is 4.42 Å². The van der Waals surface area contributed by atoms with Gasteiger partial charge in [0.25, 0.3) is 0 Å². The first-order valence-electron chi connectivity index (χ1n) is 15.9. The summed E-state index contributed by atoms with van der Waals surface area (Å²) >= 11 is 1.78. The number of hydrogen-bond acceptors (Lipinski definition) is 5. The van der Waals surface area contributed by atoms with E-state index in [1.54, 1.807) is 11.3 Å². The van der Waals surface area contributed by atoms with Gasteiger partial charge in [-0.15, -0.1) is 11.3 Å². The largest absolute Gasteiger partial charge is 0.456 e. The van der Waals surface area contributed by atoms with E-state index < -0.39 is 0 Å². The second kappa shape index (κ2) is 10.7. The molecule has 0 atom stereocenters. The molecule has 4 nitrogen and oxygen atoms in total. The van der Waals surface area contributed by atoms with Crippen LogP contribution in [0.1, 0.15) is 0 Å². The first kappa shape index (κ1) is 27.0. The Hall–Kier alpha value is -6.17. The summed E-state index contributed by atoms with van der Waals surface area (Å²) in [4.78, 5) is 15.8. The molecular weight excluding hydrogens is 607 g/mol. The van der Waals surface area contributed by atoms with Gasteiger partial charge in [-0.3, -0.25) is 0 Å². The fourth-order valence-corrected chi connectivity index (χ4v) is 8.20. The monoisotopic (exact) mass is 631 g/mol. The average molecular weight is 632 g/mol. The lowest BCUT2D eigenvalue weighted by atomic mass is 9.94. The Kier molecular flexibility index (Phi) is 6.01. The van der Waals surface area contributed by atoms with Crippen molar-refractivity contribution >= 4 is 64.2 Å². The van der Waals surface area contributed by atoms with E-state index in [2.05, 4.69) is 121 Å². The Bertz CT molecular complexity index is 2850. The van der Waals surface area contributed by atoms with E-state index in [9.17, 15) is 0 Å². The highest BCUT2D eigenvalue weighted by atomic mass is 32.1. The maximum absolute atomic E-state index is 6.28. The van der Waals surface area contributed by atoms with E-state index in [1.807, 2.05) is 30.3 Å². The van der Waals surface area contributed by atoms with Crippen molar-refractivity contribution in [2.45, 2.75) is 0 Å². The summed E-state index contributed by atoms with van der Waals surface area (Å²) in [6.07, 6.45) is 0. The van der Waals surface area contributed by atoms with Gasteiger partial charge in [0.15, 0.2) is 17.5 Å². The van der Waals surface area contributed by atoms with Crippen LogP contribution >= 0.6 is 11.3 Å². The summed E-state index contributed by atoms with van der Waals surface area (Å²) in [7, 11) is 0. The van der Waals surface area contributed by atoms with Gasteiger partial charge in [0.2, 0.25) is 0 Å². The number of aromatic nitrogens is 3. The highest BCUT2D eigenvalue weighted by Crippen LogP contribution is 2.42. The summed E-state index contributed by atoms with van der Waals surface area (Å²) in [6.45, 7) is 0. The lowest BCUT2D eigenvalue weighted by Crippen LogP contribution is -2.01. The molecule has 0 fully saturated rings. The molecule has 0 N–H and O–H groups in total. The van der Waals surface area contributed by atoms with Crippen molar-refractivity contribution in [3.63, 3.8) is 0 Å². The van der Waals surface area contributed by atoms with Crippen LogP contribution in [-0.4, -0.2) is 15.0 Å². The van der Waals surface area contributed by atoms with E-state index in [0.29, 0.717) is 17.5 Å². The number of hydrogen-bond donors (Lipinski definition) is 0. The highest BCUT2D eigenvalue weighted by molar-refractivity contribution is 7.26. The minimum absolute atomic E-state index is 0.612. The topological polar surface area (TPSA) is 51.8 Å². The van der Waals surface area contributed by atoms with Crippen molar-refractivity contribution in [2.75, 3.05) is 0 Å². The molecule has 0 bridgehead atoms. The van der Waals surface area contributed by atoms with Crippen molar-refractivity contribution in [1.82, 2.24) is 15.0 Å². The molecule has 0 aliphatic carbocycles. The van der Waals surface area contributed by atoms with E-state index in [4.69, 9.17) is 19.4 Å². The van der Waals surface area contributed by atoms with Gasteiger partial charge in [0.05, 0.1) is 0 Å². The molecule has 10 rings (SSSR count). The normalized spacial score (nSPS) is 11.8. The van der Waals surface area contributed by atoms with Crippen LogP contribution in [0.3, 0.4) is 0 Å². The van der Waals surface area contributed by atoms with Crippen LogP contribution in [0, 0.1) is 0 Å². The number of thiophene rings is 1. The fourth-order valence-electron chi connectivity index (χ4n) is 6.99. The molecule has 0 unspecified atom stereocenters. The Morgan fingerprint density at radius 1 is 0.375 bits per heavy atom. The van der Waals surface area contributed by atoms with Crippen molar-refractivity contribution < 1.29 is 4.42 Å². The molecule has 0 saturated heterocycles. The van der Waals surface area contributed by atoms with Crippen LogP contribution in [0.5, 0.6) is 0 Å². The van der Waals surface area contributed by atoms with E-state index in [0.717, 1.165) is 54.1 Å². The molecule has 0 aliphatic heterocycles. The molecule has 10 aromatic rings. The first-order valence-corrected chi connectivity index (χ1v) is 16.8. The molecule has 5 heteroatoms. The van der Waals surface area contributed by atoms with E-state index in [-0.39, 0.29) is 0 Å². The number of para-hydroxylation sites is 1. The molecule has 224 valence electrons. The first-order chi connectivity index (χ1) is 23.8. The summed E-state index contributed by atoms with van der Waals surface area (Å²) < 4.78 is 8.69. The van der Waals surface area contributed by atoms with Crippen LogP contribution in [-0.2, 0) is 0 Å². The molecule has 48 heavy (non-hydrogen) atoms. The zero-order chi connectivity index (χ0) is 31.6. The average Bonchev–Trinajstić information content (AvgIpc) is 3.73. The molecule has 0 aliphatic rings. The van der Waals surface area contributed by atoms with Crippen molar-refractivity contribution in [3.05, 3.63) is 152 Å². The van der Waals surface area contributed by atoms with Crippen LogP contribution in [0.15, 0.2) is 156 Å². The third kappa shape index (κ3) is 4.18. The number of rotatable bonds is 4. The van der Waals surface area contributed by atoms with Gasteiger partial charge in [0.1, 0.15) is 11.2 Å². The standard InChI is InChI=1S/C43H25N3OS/c1-2-12-26(13-3-1)27-24-25-32(29-15-5-4-14-28(27)29)41-44-42(34-19-11-22-37-39(34)33-17-6-8-21-36(33)47-37)46-43(45-41)35-20-10-18-31-30-16-7-9-23-38(30)48-40(31)35/h1-25H. The van der Waals surface area contributed by atoms with E-state index >= 15 is 0 Å². The lowest BCUT2D eigenvalue weighted by molar-refractivity contribution is 0.669. The number of furan rings is 1. The Morgan fingerprint density at radius 2 is 0.938 bits per heavy atom. The predicted octanol–water partition coefficient (Wildman–Crippen LogP) is 12.0. The highest BCUT2D eigenvalue weighted by Gasteiger charge is 2.21. The van der Waals surface area contributed by atoms with Crippen LogP contribution < -0.4 is 0 Å². The maximum atomic E-state index is 6.28. The smallest absolute Gasteiger partial charge is 0.165 e. The molecule has 0 radical (unpaired) electrons. The van der Waals surface area contributed by atoms with E-state index in [1.165, 1.54) is 26.6 Å². The van der Waals surface area contributed by atoms with Gasteiger partial charge in [-0.1, -0.05) is 121 Å². The van der Waals surface area contributed by atoms with Gasteiger partial charge in [-0.2, -0.15) is 0 Å². The third-order valence-electron chi connectivity index (χ3n) is 9.17. The molecule has 0 saturated carbocycles. The fraction of sp³-hybridized carbons (Fsp3) is 0. The predicted molar refractivity (Wildman–Crippen MR) is 199 cm³/mol. The zero-order valence-electron chi connectivity index (χ0n) is 25.6. The maximum Gasteiger partial charge on any atom is 0.165 e. The number of benzene rings is 7. The van der Waals surface area contributed by atoms with Gasteiger partial charge in [0, 0.05) is 47.6 Å². The molecular formula is C43H25N3OS. The molecule has 3 aromatic heterocycles. The third-order valence-corrected chi connectivity index (χ3v) is 10.4. The van der Waals surface area contributed by atoms with Gasteiger partial charge in [-0.05, 0) is 52.2 Å². The Labute approximate surface area is 279 Å². The second-order valence-corrected chi connectivity index (χ2v) is 13.0. The summed E-state index contributed by atoms with van der Waals surface area (Å²) in [5.74, 6) is 1.89. The number of nitrogens with zero attached hydrogens (tertiary/aromatic N) is 3. The lowest BCUT2D eigenvalue weighted by Gasteiger charge is -2.13. The summed E-state index contributed by atoms with van der Waals surface area (Å²) in [5.41, 5.74) is 6.86. The molecule has 0 amide bonds. The van der Waals surface area contributed by atoms with Crippen LogP contribution in [0.25, 0.3) is 98.2 Å². The van der Waals surface area contributed by atoms with Crippen LogP contribution in [0.4, 0.5) is 0 Å². The quantitative estimate of drug-likeness (QED) is 0.194. The van der Waals surface area contributed by atoms with Crippen molar-refractivity contribution in [3.8, 4) is 45.3 Å². The number of fused-ring (bicyclic) bond motifs is 7.